The highest BCUT2D eigenvalue weighted by molar-refractivity contribution is 5.85. The van der Waals surface area contributed by atoms with Crippen LogP contribution < -0.4 is 4.90 Å². The van der Waals surface area contributed by atoms with Crippen molar-refractivity contribution in [3.8, 4) is 0 Å². The molecule has 3 heterocycles. The summed E-state index contributed by atoms with van der Waals surface area (Å²) in [6, 6.07) is 2.07. The summed E-state index contributed by atoms with van der Waals surface area (Å²) in [5.74, 6) is 1.36. The van der Waals surface area contributed by atoms with Crippen LogP contribution in [-0.2, 0) is 9.57 Å². The van der Waals surface area contributed by atoms with Gasteiger partial charge in [-0.1, -0.05) is 0 Å². The maximum absolute atomic E-state index is 11.8. The Balaban J connectivity index is 1.61. The first-order valence-corrected chi connectivity index (χ1v) is 9.03. The maximum Gasteiger partial charge on any atom is 0.528 e. The molecule has 2 aromatic rings. The fourth-order valence-electron chi connectivity index (χ4n) is 3.24. The Labute approximate surface area is 154 Å². The highest BCUT2D eigenvalue weighted by Crippen LogP contribution is 2.33. The van der Waals surface area contributed by atoms with Crippen LogP contribution in [0.4, 0.5) is 10.6 Å². The normalized spacial score (nSPS) is 16.7. The molecule has 7 nitrogen and oxygen atoms in total. The lowest BCUT2D eigenvalue weighted by atomic mass is 9.90. The Morgan fingerprint density at radius 1 is 1.31 bits per heavy atom. The smallest absolute Gasteiger partial charge is 0.427 e. The van der Waals surface area contributed by atoms with Crippen LogP contribution >= 0.6 is 0 Å². The van der Waals surface area contributed by atoms with Crippen LogP contribution in [-0.4, -0.2) is 54.0 Å². The number of anilines is 1. The number of piperidine rings is 1. The summed E-state index contributed by atoms with van der Waals surface area (Å²) in [6.07, 6.45) is 5.24. The molecule has 1 fully saturated rings. The summed E-state index contributed by atoms with van der Waals surface area (Å²) in [5, 5.41) is 2.86. The number of aromatic amines is 1. The molecular formula is C19H28N4O3. The van der Waals surface area contributed by atoms with Gasteiger partial charge in [0.05, 0.1) is 5.52 Å². The van der Waals surface area contributed by atoms with Gasteiger partial charge in [-0.2, -0.15) is 0 Å². The third-order valence-electron chi connectivity index (χ3n) is 4.53. The van der Waals surface area contributed by atoms with Crippen molar-refractivity contribution in [2.24, 2.45) is 0 Å². The average molecular weight is 360 g/mol. The molecule has 1 aliphatic heterocycles. The molecule has 142 valence electrons. The van der Waals surface area contributed by atoms with Gasteiger partial charge in [-0.3, -0.25) is 0 Å². The Morgan fingerprint density at radius 2 is 2.00 bits per heavy atom. The van der Waals surface area contributed by atoms with E-state index in [9.17, 15) is 4.79 Å². The van der Waals surface area contributed by atoms with Gasteiger partial charge in [0.2, 0.25) is 0 Å². The third-order valence-corrected chi connectivity index (χ3v) is 4.53. The standard InChI is InChI=1S/C19H28N4O3/c1-19(2,3)25-18(24)26-23-8-6-13(7-9-23)14-11-20-16-10-17(22(4)5)21-12-15(14)16/h10-13,20H,6-9H2,1-5H3. The van der Waals surface area contributed by atoms with Gasteiger partial charge in [0.25, 0.3) is 0 Å². The van der Waals surface area contributed by atoms with Crippen LogP contribution in [0.5, 0.6) is 0 Å². The number of aromatic nitrogens is 2. The van der Waals surface area contributed by atoms with E-state index in [1.54, 1.807) is 5.06 Å². The van der Waals surface area contributed by atoms with E-state index in [2.05, 4.69) is 22.2 Å². The van der Waals surface area contributed by atoms with Gasteiger partial charge in [-0.25, -0.2) is 9.78 Å². The van der Waals surface area contributed by atoms with Crippen LogP contribution in [0.15, 0.2) is 18.5 Å². The number of hydrogen-bond acceptors (Lipinski definition) is 6. The van der Waals surface area contributed by atoms with Crippen molar-refractivity contribution in [2.45, 2.75) is 45.1 Å². The molecule has 0 radical (unpaired) electrons. The fraction of sp³-hybridized carbons (Fsp3) is 0.579. The lowest BCUT2D eigenvalue weighted by Crippen LogP contribution is -2.37. The van der Waals surface area contributed by atoms with E-state index in [0.717, 1.165) is 24.2 Å². The molecule has 7 heteroatoms. The van der Waals surface area contributed by atoms with Crippen molar-refractivity contribution >= 4 is 22.9 Å². The summed E-state index contributed by atoms with van der Waals surface area (Å²) >= 11 is 0. The summed E-state index contributed by atoms with van der Waals surface area (Å²) in [6.45, 7) is 6.87. The molecular weight excluding hydrogens is 332 g/mol. The summed E-state index contributed by atoms with van der Waals surface area (Å²) < 4.78 is 5.21. The Kier molecular flexibility index (Phi) is 5.09. The Hall–Kier alpha value is -2.28. The molecule has 26 heavy (non-hydrogen) atoms. The van der Waals surface area contributed by atoms with Gasteiger partial charge >= 0.3 is 6.16 Å². The van der Waals surface area contributed by atoms with Gasteiger partial charge in [-0.05, 0) is 45.1 Å². The highest BCUT2D eigenvalue weighted by atomic mass is 16.8. The number of nitrogens with zero attached hydrogens (tertiary/aromatic N) is 3. The molecule has 1 aliphatic rings. The zero-order valence-electron chi connectivity index (χ0n) is 16.2. The number of ether oxygens (including phenoxy) is 1. The predicted octanol–water partition coefficient (Wildman–Crippen LogP) is 3.68. The van der Waals surface area contributed by atoms with E-state index >= 15 is 0 Å². The van der Waals surface area contributed by atoms with Gasteiger partial charge < -0.3 is 19.5 Å². The molecule has 0 saturated carbocycles. The fourth-order valence-corrected chi connectivity index (χ4v) is 3.24. The number of rotatable bonds is 3. The maximum atomic E-state index is 11.8. The minimum absolute atomic E-state index is 0.425. The highest BCUT2D eigenvalue weighted by Gasteiger charge is 2.27. The summed E-state index contributed by atoms with van der Waals surface area (Å²) in [7, 11) is 3.97. The van der Waals surface area contributed by atoms with E-state index in [4.69, 9.17) is 9.57 Å². The number of H-pyrrole nitrogens is 1. The van der Waals surface area contributed by atoms with Crippen molar-refractivity contribution in [2.75, 3.05) is 32.1 Å². The van der Waals surface area contributed by atoms with Gasteiger partial charge in [0, 0.05) is 51.0 Å². The Morgan fingerprint density at radius 3 is 2.62 bits per heavy atom. The molecule has 0 atom stereocenters. The first-order valence-electron chi connectivity index (χ1n) is 9.03. The molecule has 1 saturated heterocycles. The number of carbonyl (C=O) groups excluding carboxylic acids is 1. The number of hydroxylamine groups is 2. The van der Waals surface area contributed by atoms with E-state index in [1.807, 2.05) is 46.0 Å². The van der Waals surface area contributed by atoms with Crippen LogP contribution in [0.25, 0.3) is 10.9 Å². The van der Waals surface area contributed by atoms with Crippen molar-refractivity contribution in [1.82, 2.24) is 15.0 Å². The van der Waals surface area contributed by atoms with Crippen molar-refractivity contribution < 1.29 is 14.4 Å². The second-order valence-electron chi connectivity index (χ2n) is 7.99. The second kappa shape index (κ2) is 7.15. The van der Waals surface area contributed by atoms with Gasteiger partial charge in [0.1, 0.15) is 11.4 Å². The van der Waals surface area contributed by atoms with Gasteiger partial charge in [-0.15, -0.1) is 5.06 Å². The number of fused-ring (bicyclic) bond motifs is 1. The molecule has 1 N–H and O–H groups in total. The average Bonchev–Trinajstić information content (AvgIpc) is 2.96. The zero-order chi connectivity index (χ0) is 18.9. The predicted molar refractivity (Wildman–Crippen MR) is 101 cm³/mol. The van der Waals surface area contributed by atoms with Gasteiger partial charge in [0.15, 0.2) is 0 Å². The molecule has 2 aromatic heterocycles. The topological polar surface area (TPSA) is 70.7 Å². The van der Waals surface area contributed by atoms with Crippen LogP contribution in [0, 0.1) is 0 Å². The van der Waals surface area contributed by atoms with Crippen LogP contribution in [0.3, 0.4) is 0 Å². The second-order valence-corrected chi connectivity index (χ2v) is 7.99. The third kappa shape index (κ3) is 4.27. The number of carbonyl (C=O) groups is 1. The molecule has 3 rings (SSSR count). The molecule has 0 spiro atoms. The molecule has 0 amide bonds. The summed E-state index contributed by atoms with van der Waals surface area (Å²) in [5.41, 5.74) is 1.85. The van der Waals surface area contributed by atoms with E-state index in [1.165, 1.54) is 10.9 Å². The lowest BCUT2D eigenvalue weighted by Gasteiger charge is -2.31. The zero-order valence-corrected chi connectivity index (χ0v) is 16.2. The minimum atomic E-state index is -0.636. The Bertz CT molecular complexity index is 771. The molecule has 0 aromatic carbocycles. The molecule has 0 unspecified atom stereocenters. The summed E-state index contributed by atoms with van der Waals surface area (Å²) in [4.78, 5) is 27.0. The van der Waals surface area contributed by atoms with Crippen LogP contribution in [0.1, 0.15) is 45.1 Å². The quantitative estimate of drug-likeness (QED) is 0.842. The van der Waals surface area contributed by atoms with Crippen molar-refractivity contribution in [1.29, 1.82) is 0 Å². The van der Waals surface area contributed by atoms with E-state index in [-0.39, 0.29) is 0 Å². The van der Waals surface area contributed by atoms with Crippen molar-refractivity contribution in [3.05, 3.63) is 24.0 Å². The van der Waals surface area contributed by atoms with E-state index in [0.29, 0.717) is 19.0 Å². The number of hydrogen-bond donors (Lipinski definition) is 1. The first-order chi connectivity index (χ1) is 12.2. The van der Waals surface area contributed by atoms with E-state index < -0.39 is 11.8 Å². The molecule has 0 aliphatic carbocycles. The van der Waals surface area contributed by atoms with Crippen LogP contribution in [0.2, 0.25) is 0 Å². The monoisotopic (exact) mass is 360 g/mol. The first kappa shape index (κ1) is 18.5. The number of nitrogens with one attached hydrogen (secondary N) is 1. The lowest BCUT2D eigenvalue weighted by molar-refractivity contribution is -0.152. The largest absolute Gasteiger partial charge is 0.528 e. The SMILES string of the molecule is CN(C)c1cc2[nH]cc(C3CCN(OC(=O)OC(C)(C)C)CC3)c2cn1. The van der Waals surface area contributed by atoms with Crippen molar-refractivity contribution in [3.63, 3.8) is 0 Å². The molecule has 0 bridgehead atoms. The number of pyridine rings is 1. The minimum Gasteiger partial charge on any atom is -0.427 e.